The SMILES string of the molecule is COc1cc(Cl)c(C(N)C(C)(C)c2ccccc2)cc1Cl. The number of halogens is 2. The maximum absolute atomic E-state index is 6.48. The Bertz CT molecular complexity index is 626. The van der Waals surface area contributed by atoms with Crippen molar-refractivity contribution in [3.05, 3.63) is 63.6 Å². The summed E-state index contributed by atoms with van der Waals surface area (Å²) in [4.78, 5) is 0. The zero-order valence-corrected chi connectivity index (χ0v) is 13.9. The molecule has 0 bridgehead atoms. The Labute approximate surface area is 135 Å². The topological polar surface area (TPSA) is 35.2 Å². The van der Waals surface area contributed by atoms with Crippen LogP contribution in [-0.4, -0.2) is 7.11 Å². The third-order valence-electron chi connectivity index (χ3n) is 3.90. The molecule has 2 aromatic rings. The van der Waals surface area contributed by atoms with Gasteiger partial charge in [0.15, 0.2) is 0 Å². The molecule has 112 valence electrons. The summed E-state index contributed by atoms with van der Waals surface area (Å²) in [7, 11) is 1.56. The smallest absolute Gasteiger partial charge is 0.138 e. The highest BCUT2D eigenvalue weighted by atomic mass is 35.5. The molecule has 0 aliphatic heterocycles. The van der Waals surface area contributed by atoms with E-state index in [1.807, 2.05) is 18.2 Å². The van der Waals surface area contributed by atoms with Gasteiger partial charge in [0.05, 0.1) is 12.1 Å². The quantitative estimate of drug-likeness (QED) is 0.861. The number of rotatable bonds is 4. The van der Waals surface area contributed by atoms with Crippen LogP contribution in [0.5, 0.6) is 5.75 Å². The van der Waals surface area contributed by atoms with E-state index in [1.165, 1.54) is 0 Å². The van der Waals surface area contributed by atoms with Crippen LogP contribution in [0.25, 0.3) is 0 Å². The molecule has 21 heavy (non-hydrogen) atoms. The predicted molar refractivity (Wildman–Crippen MR) is 89.4 cm³/mol. The highest BCUT2D eigenvalue weighted by molar-refractivity contribution is 6.34. The molecule has 0 aliphatic carbocycles. The molecule has 2 N–H and O–H groups in total. The second-order valence-electron chi connectivity index (χ2n) is 5.57. The van der Waals surface area contributed by atoms with E-state index in [-0.39, 0.29) is 11.5 Å². The van der Waals surface area contributed by atoms with Gasteiger partial charge in [-0.15, -0.1) is 0 Å². The molecular formula is C17H19Cl2NO. The van der Waals surface area contributed by atoms with Crippen LogP contribution in [0.3, 0.4) is 0 Å². The fraction of sp³-hybridized carbons (Fsp3) is 0.294. The molecular weight excluding hydrogens is 305 g/mol. The molecule has 0 spiro atoms. The van der Waals surface area contributed by atoms with Crippen LogP contribution in [0.4, 0.5) is 0 Å². The third-order valence-corrected chi connectivity index (χ3v) is 4.52. The van der Waals surface area contributed by atoms with Gasteiger partial charge in [0.1, 0.15) is 5.75 Å². The van der Waals surface area contributed by atoms with E-state index in [1.54, 1.807) is 19.2 Å². The zero-order valence-electron chi connectivity index (χ0n) is 12.4. The van der Waals surface area contributed by atoms with Gasteiger partial charge in [-0.2, -0.15) is 0 Å². The minimum atomic E-state index is -0.282. The fourth-order valence-corrected chi connectivity index (χ4v) is 2.90. The highest BCUT2D eigenvalue weighted by Crippen LogP contribution is 2.41. The first-order valence-corrected chi connectivity index (χ1v) is 7.47. The molecule has 2 aromatic carbocycles. The molecule has 0 radical (unpaired) electrons. The van der Waals surface area contributed by atoms with Gasteiger partial charge in [0, 0.05) is 22.5 Å². The van der Waals surface area contributed by atoms with Crippen LogP contribution in [-0.2, 0) is 5.41 Å². The monoisotopic (exact) mass is 323 g/mol. The van der Waals surface area contributed by atoms with E-state index in [4.69, 9.17) is 33.7 Å². The maximum Gasteiger partial charge on any atom is 0.138 e. The first kappa shape index (κ1) is 16.2. The summed E-state index contributed by atoms with van der Waals surface area (Å²) in [5.41, 5.74) is 8.18. The molecule has 2 rings (SSSR count). The largest absolute Gasteiger partial charge is 0.495 e. The van der Waals surface area contributed by atoms with E-state index in [2.05, 4.69) is 26.0 Å². The molecule has 2 nitrogen and oxygen atoms in total. The minimum absolute atomic E-state index is 0.275. The maximum atomic E-state index is 6.48. The third kappa shape index (κ3) is 3.18. The zero-order chi connectivity index (χ0) is 15.6. The van der Waals surface area contributed by atoms with Crippen molar-refractivity contribution in [2.75, 3.05) is 7.11 Å². The van der Waals surface area contributed by atoms with Gasteiger partial charge in [0.2, 0.25) is 0 Å². The van der Waals surface area contributed by atoms with Gasteiger partial charge in [-0.05, 0) is 17.2 Å². The number of hydrogen-bond donors (Lipinski definition) is 1. The van der Waals surface area contributed by atoms with E-state index >= 15 is 0 Å². The molecule has 4 heteroatoms. The van der Waals surface area contributed by atoms with Gasteiger partial charge < -0.3 is 10.5 Å². The standard InChI is InChI=1S/C17H19Cl2NO/c1-17(2,11-7-5-4-6-8-11)16(20)12-9-14(19)15(21-3)10-13(12)18/h4-10,16H,20H2,1-3H3. The van der Waals surface area contributed by atoms with Gasteiger partial charge in [0.25, 0.3) is 0 Å². The molecule has 0 amide bonds. The second kappa shape index (κ2) is 6.27. The average molecular weight is 324 g/mol. The van der Waals surface area contributed by atoms with Crippen LogP contribution in [0.1, 0.15) is 31.0 Å². The summed E-state index contributed by atoms with van der Waals surface area (Å²) in [5.74, 6) is 0.551. The van der Waals surface area contributed by atoms with Crippen LogP contribution >= 0.6 is 23.2 Å². The summed E-state index contributed by atoms with van der Waals surface area (Å²) in [6, 6.07) is 13.4. The lowest BCUT2D eigenvalue weighted by molar-refractivity contribution is 0.410. The molecule has 0 fully saturated rings. The van der Waals surface area contributed by atoms with E-state index in [0.717, 1.165) is 11.1 Å². The minimum Gasteiger partial charge on any atom is -0.495 e. The summed E-state index contributed by atoms with van der Waals surface area (Å²) in [6.07, 6.45) is 0. The summed E-state index contributed by atoms with van der Waals surface area (Å²) in [6.45, 7) is 4.20. The van der Waals surface area contributed by atoms with Crippen molar-refractivity contribution in [3.63, 3.8) is 0 Å². The Hall–Kier alpha value is -1.22. The number of methoxy groups -OCH3 is 1. The second-order valence-corrected chi connectivity index (χ2v) is 6.39. The van der Waals surface area contributed by atoms with E-state index < -0.39 is 0 Å². The molecule has 1 unspecified atom stereocenters. The number of hydrogen-bond acceptors (Lipinski definition) is 2. The molecule has 0 aromatic heterocycles. The van der Waals surface area contributed by atoms with Crippen molar-refractivity contribution in [2.45, 2.75) is 25.3 Å². The summed E-state index contributed by atoms with van der Waals surface area (Å²) >= 11 is 12.6. The van der Waals surface area contributed by atoms with Crippen molar-refractivity contribution < 1.29 is 4.74 Å². The lowest BCUT2D eigenvalue weighted by Crippen LogP contribution is -2.33. The normalized spacial score (nSPS) is 13.0. The number of ether oxygens (including phenoxy) is 1. The number of benzene rings is 2. The average Bonchev–Trinajstić information content (AvgIpc) is 2.49. The summed E-state index contributed by atoms with van der Waals surface area (Å²) in [5, 5.41) is 1.07. The first-order valence-electron chi connectivity index (χ1n) is 6.72. The van der Waals surface area contributed by atoms with E-state index in [0.29, 0.717) is 15.8 Å². The lowest BCUT2D eigenvalue weighted by atomic mass is 9.75. The van der Waals surface area contributed by atoms with Gasteiger partial charge in [-0.25, -0.2) is 0 Å². The Morgan fingerprint density at radius 3 is 2.24 bits per heavy atom. The molecule has 0 saturated carbocycles. The van der Waals surface area contributed by atoms with Gasteiger partial charge in [-0.3, -0.25) is 0 Å². The number of nitrogens with two attached hydrogens (primary N) is 1. The van der Waals surface area contributed by atoms with Crippen LogP contribution in [0.15, 0.2) is 42.5 Å². The first-order chi connectivity index (χ1) is 9.87. The lowest BCUT2D eigenvalue weighted by Gasteiger charge is -2.33. The van der Waals surface area contributed by atoms with Crippen molar-refractivity contribution in [3.8, 4) is 5.75 Å². The molecule has 0 saturated heterocycles. The molecule has 0 heterocycles. The van der Waals surface area contributed by atoms with Gasteiger partial charge >= 0.3 is 0 Å². The Morgan fingerprint density at radius 2 is 1.67 bits per heavy atom. The Balaban J connectivity index is 2.44. The van der Waals surface area contributed by atoms with Crippen LogP contribution in [0.2, 0.25) is 10.0 Å². The van der Waals surface area contributed by atoms with E-state index in [9.17, 15) is 0 Å². The van der Waals surface area contributed by atoms with Gasteiger partial charge in [-0.1, -0.05) is 67.4 Å². The molecule has 1 atom stereocenters. The Morgan fingerprint density at radius 1 is 1.05 bits per heavy atom. The van der Waals surface area contributed by atoms with Crippen LogP contribution < -0.4 is 10.5 Å². The van der Waals surface area contributed by atoms with Crippen molar-refractivity contribution in [1.82, 2.24) is 0 Å². The fourth-order valence-electron chi connectivity index (χ4n) is 2.37. The summed E-state index contributed by atoms with van der Waals surface area (Å²) < 4.78 is 5.17. The molecule has 0 aliphatic rings. The van der Waals surface area contributed by atoms with Crippen molar-refractivity contribution in [1.29, 1.82) is 0 Å². The Kier molecular flexibility index (Phi) is 4.82. The van der Waals surface area contributed by atoms with Crippen LogP contribution in [0, 0.1) is 0 Å². The predicted octanol–water partition coefficient (Wildman–Crippen LogP) is 4.98. The highest BCUT2D eigenvalue weighted by Gasteiger charge is 2.31. The van der Waals surface area contributed by atoms with Crippen molar-refractivity contribution in [2.24, 2.45) is 5.73 Å². The van der Waals surface area contributed by atoms with Crippen molar-refractivity contribution >= 4 is 23.2 Å².